The number of fused-ring (bicyclic) bond motifs is 1. The Hall–Kier alpha value is -3.98. The summed E-state index contributed by atoms with van der Waals surface area (Å²) in [7, 11) is 0. The molecule has 0 fully saturated rings. The molecule has 0 radical (unpaired) electrons. The van der Waals surface area contributed by atoms with Crippen molar-refractivity contribution in [1.82, 2.24) is 9.97 Å². The molecule has 9 heteroatoms. The zero-order chi connectivity index (χ0) is 23.6. The van der Waals surface area contributed by atoms with Gasteiger partial charge in [-0.25, -0.2) is 14.2 Å². The summed E-state index contributed by atoms with van der Waals surface area (Å²) in [5.74, 6) is -2.20. The lowest BCUT2D eigenvalue weighted by Gasteiger charge is -2.20. The fourth-order valence-electron chi connectivity index (χ4n) is 3.08. The van der Waals surface area contributed by atoms with Gasteiger partial charge in [0.1, 0.15) is 11.5 Å². The maximum absolute atomic E-state index is 13.3. The van der Waals surface area contributed by atoms with E-state index in [2.05, 4.69) is 15.3 Å². The number of pyridine rings is 1. The van der Waals surface area contributed by atoms with Gasteiger partial charge in [0.05, 0.1) is 13.2 Å². The van der Waals surface area contributed by atoms with E-state index in [0.29, 0.717) is 16.9 Å². The highest BCUT2D eigenvalue weighted by Gasteiger charge is 2.38. The van der Waals surface area contributed by atoms with Crippen LogP contribution in [0.4, 0.5) is 10.1 Å². The molecule has 2 aromatic heterocycles. The number of hydrogen-bond acceptors (Lipinski definition) is 7. The molecule has 4 rings (SSSR count). The summed E-state index contributed by atoms with van der Waals surface area (Å²) in [5, 5.41) is 13.0. The fourth-order valence-corrected chi connectivity index (χ4v) is 3.08. The Morgan fingerprint density at radius 3 is 2.79 bits per heavy atom. The summed E-state index contributed by atoms with van der Waals surface area (Å²) in [6, 6.07) is 8.96. The van der Waals surface area contributed by atoms with Gasteiger partial charge in [0.15, 0.2) is 11.3 Å². The zero-order valence-corrected chi connectivity index (χ0v) is 18.0. The van der Waals surface area contributed by atoms with E-state index in [1.54, 1.807) is 32.3 Å². The number of nitrogens with zero attached hydrogens (tertiary/aromatic N) is 1. The van der Waals surface area contributed by atoms with E-state index >= 15 is 0 Å². The second-order valence-electron chi connectivity index (χ2n) is 8.32. The van der Waals surface area contributed by atoms with E-state index in [0.717, 1.165) is 5.39 Å². The molecule has 1 aliphatic heterocycles. The van der Waals surface area contributed by atoms with Crippen LogP contribution in [0.2, 0.25) is 0 Å². The number of aromatic amines is 1. The molecular formula is C24H22FN3O5. The topological polar surface area (TPSA) is 114 Å². The zero-order valence-electron chi connectivity index (χ0n) is 18.0. The lowest BCUT2D eigenvalue weighted by Crippen LogP contribution is -2.27. The number of Topliss-reactive ketones (excluding diaryl/α,β-unsaturated/α-hetero) is 1. The molecule has 0 saturated heterocycles. The van der Waals surface area contributed by atoms with Gasteiger partial charge in [-0.05, 0) is 42.5 Å². The summed E-state index contributed by atoms with van der Waals surface area (Å²) in [5.41, 5.74) is 0.700. The maximum atomic E-state index is 13.3. The molecule has 0 saturated carbocycles. The number of aromatic nitrogens is 2. The molecule has 1 aliphatic rings. The SMILES string of the molecule is CC(C)(CO)COC(=O)C1=C(Nc2ccc(F)cc2)OC(=Cc2c[nH]c3ncccc23)C1=O. The highest BCUT2D eigenvalue weighted by Crippen LogP contribution is 2.30. The number of carbonyl (C=O) groups is 2. The van der Waals surface area contributed by atoms with Gasteiger partial charge in [0, 0.05) is 34.4 Å². The molecule has 0 unspecified atom stereocenters. The van der Waals surface area contributed by atoms with Crippen LogP contribution in [0.1, 0.15) is 19.4 Å². The molecule has 0 aliphatic carbocycles. The van der Waals surface area contributed by atoms with E-state index in [-0.39, 0.29) is 30.4 Å². The minimum Gasteiger partial charge on any atom is -0.461 e. The van der Waals surface area contributed by atoms with Gasteiger partial charge < -0.3 is 24.9 Å². The number of esters is 1. The van der Waals surface area contributed by atoms with Crippen LogP contribution in [0.25, 0.3) is 17.1 Å². The number of aliphatic hydroxyl groups is 1. The lowest BCUT2D eigenvalue weighted by atomic mass is 9.96. The normalized spacial score (nSPS) is 15.3. The van der Waals surface area contributed by atoms with Crippen molar-refractivity contribution in [3.8, 4) is 0 Å². The first-order valence-corrected chi connectivity index (χ1v) is 10.2. The predicted octanol–water partition coefficient (Wildman–Crippen LogP) is 3.53. The first kappa shape index (κ1) is 22.2. The number of carbonyl (C=O) groups excluding carboxylic acids is 2. The molecule has 170 valence electrons. The number of halogens is 1. The molecule has 0 amide bonds. The van der Waals surface area contributed by atoms with E-state index in [1.807, 2.05) is 6.07 Å². The smallest absolute Gasteiger partial charge is 0.347 e. The molecule has 0 bridgehead atoms. The maximum Gasteiger partial charge on any atom is 0.347 e. The minimum absolute atomic E-state index is 0.0854. The molecule has 0 atom stereocenters. The van der Waals surface area contributed by atoms with E-state index in [4.69, 9.17) is 9.47 Å². The number of benzene rings is 1. The van der Waals surface area contributed by atoms with Crippen LogP contribution in [-0.4, -0.2) is 40.0 Å². The lowest BCUT2D eigenvalue weighted by molar-refractivity contribution is -0.143. The van der Waals surface area contributed by atoms with Crippen LogP contribution in [-0.2, 0) is 19.1 Å². The number of allylic oxidation sites excluding steroid dienone is 1. The first-order valence-electron chi connectivity index (χ1n) is 10.2. The van der Waals surface area contributed by atoms with Crippen molar-refractivity contribution < 1.29 is 28.6 Å². The van der Waals surface area contributed by atoms with Crippen molar-refractivity contribution in [2.24, 2.45) is 5.41 Å². The number of ketones is 1. The molecular weight excluding hydrogens is 429 g/mol. The Morgan fingerprint density at radius 2 is 2.06 bits per heavy atom. The molecule has 3 aromatic rings. The molecule has 3 heterocycles. The number of anilines is 1. The van der Waals surface area contributed by atoms with Crippen LogP contribution >= 0.6 is 0 Å². The predicted molar refractivity (Wildman–Crippen MR) is 119 cm³/mol. The number of H-pyrrole nitrogens is 1. The average molecular weight is 451 g/mol. The van der Waals surface area contributed by atoms with Gasteiger partial charge in [0.2, 0.25) is 11.7 Å². The summed E-state index contributed by atoms with van der Waals surface area (Å²) in [4.78, 5) is 33.2. The summed E-state index contributed by atoms with van der Waals surface area (Å²) in [6.07, 6.45) is 4.82. The Labute approximate surface area is 188 Å². The van der Waals surface area contributed by atoms with Crippen molar-refractivity contribution in [1.29, 1.82) is 0 Å². The van der Waals surface area contributed by atoms with Gasteiger partial charge >= 0.3 is 5.97 Å². The monoisotopic (exact) mass is 451 g/mol. The number of hydrogen-bond donors (Lipinski definition) is 3. The van der Waals surface area contributed by atoms with E-state index < -0.39 is 23.0 Å². The van der Waals surface area contributed by atoms with Crippen molar-refractivity contribution in [3.63, 3.8) is 0 Å². The summed E-state index contributed by atoms with van der Waals surface area (Å²) >= 11 is 0. The van der Waals surface area contributed by atoms with Crippen LogP contribution in [0, 0.1) is 11.2 Å². The molecule has 3 N–H and O–H groups in total. The van der Waals surface area contributed by atoms with Gasteiger partial charge in [-0.3, -0.25) is 4.79 Å². The van der Waals surface area contributed by atoms with Crippen molar-refractivity contribution in [2.45, 2.75) is 13.8 Å². The third-order valence-corrected chi connectivity index (χ3v) is 4.99. The first-order chi connectivity index (χ1) is 15.8. The second kappa shape index (κ2) is 8.87. The summed E-state index contributed by atoms with van der Waals surface area (Å²) < 4.78 is 24.3. The van der Waals surface area contributed by atoms with Crippen LogP contribution < -0.4 is 5.32 Å². The largest absolute Gasteiger partial charge is 0.461 e. The van der Waals surface area contributed by atoms with Crippen molar-refractivity contribution in [2.75, 3.05) is 18.5 Å². The Balaban J connectivity index is 1.66. The van der Waals surface area contributed by atoms with Crippen LogP contribution in [0.15, 0.2) is 66.0 Å². The Morgan fingerprint density at radius 1 is 1.30 bits per heavy atom. The summed E-state index contributed by atoms with van der Waals surface area (Å²) in [6.45, 7) is 3.13. The number of ether oxygens (including phenoxy) is 2. The van der Waals surface area contributed by atoms with E-state index in [1.165, 1.54) is 30.3 Å². The minimum atomic E-state index is -0.893. The fraction of sp³-hybridized carbons (Fsp3) is 0.208. The average Bonchev–Trinajstić information content (AvgIpc) is 3.35. The van der Waals surface area contributed by atoms with Gasteiger partial charge in [-0.15, -0.1) is 0 Å². The molecule has 0 spiro atoms. The number of rotatable bonds is 7. The quantitative estimate of drug-likeness (QED) is 0.286. The van der Waals surface area contributed by atoms with Crippen molar-refractivity contribution in [3.05, 3.63) is 77.4 Å². The highest BCUT2D eigenvalue weighted by molar-refractivity contribution is 6.26. The van der Waals surface area contributed by atoms with Crippen molar-refractivity contribution >= 4 is 34.5 Å². The third-order valence-electron chi connectivity index (χ3n) is 4.99. The van der Waals surface area contributed by atoms with Gasteiger partial charge in [0.25, 0.3) is 0 Å². The molecule has 33 heavy (non-hydrogen) atoms. The molecule has 1 aromatic carbocycles. The molecule has 8 nitrogen and oxygen atoms in total. The van der Waals surface area contributed by atoms with Crippen LogP contribution in [0.5, 0.6) is 0 Å². The standard InChI is InChI=1S/C24H22FN3O5/c1-24(2,12-29)13-32-23(31)19-20(30)18(10-14-11-27-21-17(14)4-3-9-26-21)33-22(19)28-16-7-5-15(25)6-8-16/h3-11,28-29H,12-13H2,1-2H3,(H,26,27). The highest BCUT2D eigenvalue weighted by atomic mass is 19.1. The van der Waals surface area contributed by atoms with Gasteiger partial charge in [-0.1, -0.05) is 13.8 Å². The second-order valence-corrected chi connectivity index (χ2v) is 8.32. The van der Waals surface area contributed by atoms with Crippen LogP contribution in [0.3, 0.4) is 0 Å². The number of aliphatic hydroxyl groups excluding tert-OH is 1. The van der Waals surface area contributed by atoms with Gasteiger partial charge in [-0.2, -0.15) is 0 Å². The Kier molecular flexibility index (Phi) is 5.97. The Bertz CT molecular complexity index is 1270. The van der Waals surface area contributed by atoms with E-state index in [9.17, 15) is 19.1 Å². The third kappa shape index (κ3) is 4.78. The number of nitrogens with one attached hydrogen (secondary N) is 2.